The topological polar surface area (TPSA) is 42.0 Å². The molecular formula is C17H15F3N4. The van der Waals surface area contributed by atoms with Crippen molar-refractivity contribution in [1.29, 1.82) is 0 Å². The SMILES string of the molecule is Cc1ccc(N=Nc2c(C)nc3ccc(C(F)(F)F)cn23)cc1C. The van der Waals surface area contributed by atoms with Gasteiger partial charge in [-0.1, -0.05) is 6.07 Å². The van der Waals surface area contributed by atoms with Gasteiger partial charge in [0, 0.05) is 6.20 Å². The zero-order chi connectivity index (χ0) is 17.5. The Bertz CT molecular complexity index is 939. The number of alkyl halides is 3. The normalized spacial score (nSPS) is 12.4. The monoisotopic (exact) mass is 332 g/mol. The molecular weight excluding hydrogens is 317 g/mol. The van der Waals surface area contributed by atoms with Crippen molar-refractivity contribution in [2.75, 3.05) is 0 Å². The lowest BCUT2D eigenvalue weighted by atomic mass is 10.1. The van der Waals surface area contributed by atoms with E-state index in [0.29, 0.717) is 17.0 Å². The van der Waals surface area contributed by atoms with Crippen LogP contribution in [-0.2, 0) is 6.18 Å². The zero-order valence-electron chi connectivity index (χ0n) is 13.4. The highest BCUT2D eigenvalue weighted by atomic mass is 19.4. The number of azo groups is 1. The first-order chi connectivity index (χ1) is 11.3. The van der Waals surface area contributed by atoms with Crippen molar-refractivity contribution < 1.29 is 13.2 Å². The molecule has 0 saturated carbocycles. The highest BCUT2D eigenvalue weighted by molar-refractivity contribution is 5.53. The van der Waals surface area contributed by atoms with E-state index in [1.807, 2.05) is 32.0 Å². The van der Waals surface area contributed by atoms with Crippen molar-refractivity contribution in [3.05, 3.63) is 58.9 Å². The second-order valence-electron chi connectivity index (χ2n) is 5.63. The van der Waals surface area contributed by atoms with Gasteiger partial charge in [-0.3, -0.25) is 4.40 Å². The largest absolute Gasteiger partial charge is 0.417 e. The van der Waals surface area contributed by atoms with Gasteiger partial charge in [-0.25, -0.2) is 4.98 Å². The maximum Gasteiger partial charge on any atom is 0.417 e. The van der Waals surface area contributed by atoms with Gasteiger partial charge in [0.25, 0.3) is 0 Å². The predicted octanol–water partition coefficient (Wildman–Crippen LogP) is 5.69. The first-order valence-electron chi connectivity index (χ1n) is 7.30. The highest BCUT2D eigenvalue weighted by Crippen LogP contribution is 2.31. The van der Waals surface area contributed by atoms with Crippen LogP contribution in [0.4, 0.5) is 24.7 Å². The van der Waals surface area contributed by atoms with E-state index in [1.165, 1.54) is 10.5 Å². The Balaban J connectivity index is 2.06. The van der Waals surface area contributed by atoms with Crippen molar-refractivity contribution in [2.45, 2.75) is 26.9 Å². The molecule has 2 heterocycles. The summed E-state index contributed by atoms with van der Waals surface area (Å²) in [5.74, 6) is 0.286. The Kier molecular flexibility index (Phi) is 3.87. The Morgan fingerprint density at radius 3 is 2.38 bits per heavy atom. The van der Waals surface area contributed by atoms with Crippen LogP contribution in [0.25, 0.3) is 5.65 Å². The van der Waals surface area contributed by atoms with E-state index in [9.17, 15) is 13.2 Å². The Morgan fingerprint density at radius 2 is 1.71 bits per heavy atom. The quantitative estimate of drug-likeness (QED) is 0.556. The van der Waals surface area contributed by atoms with E-state index in [1.54, 1.807) is 6.92 Å². The minimum Gasteiger partial charge on any atom is -0.282 e. The van der Waals surface area contributed by atoms with Gasteiger partial charge in [-0.15, -0.1) is 10.2 Å². The van der Waals surface area contributed by atoms with E-state index in [-0.39, 0.29) is 5.82 Å². The van der Waals surface area contributed by atoms with Crippen molar-refractivity contribution in [3.63, 3.8) is 0 Å². The molecule has 0 radical (unpaired) electrons. The number of rotatable bonds is 2. The molecule has 7 heteroatoms. The summed E-state index contributed by atoms with van der Waals surface area (Å²) in [5, 5.41) is 8.25. The van der Waals surface area contributed by atoms with Gasteiger partial charge in [0.2, 0.25) is 0 Å². The number of nitrogens with zero attached hydrogens (tertiary/aromatic N) is 4. The van der Waals surface area contributed by atoms with E-state index >= 15 is 0 Å². The number of pyridine rings is 1. The smallest absolute Gasteiger partial charge is 0.282 e. The van der Waals surface area contributed by atoms with E-state index < -0.39 is 11.7 Å². The Labute approximate surface area is 136 Å². The van der Waals surface area contributed by atoms with Crippen LogP contribution in [0.5, 0.6) is 0 Å². The maximum atomic E-state index is 12.9. The molecule has 0 atom stereocenters. The second kappa shape index (κ2) is 5.74. The molecule has 124 valence electrons. The lowest BCUT2D eigenvalue weighted by Gasteiger charge is -2.07. The molecule has 24 heavy (non-hydrogen) atoms. The summed E-state index contributed by atoms with van der Waals surface area (Å²) in [6, 6.07) is 7.94. The van der Waals surface area contributed by atoms with Crippen molar-refractivity contribution in [2.24, 2.45) is 10.2 Å². The molecule has 1 aromatic carbocycles. The number of hydrogen-bond acceptors (Lipinski definition) is 3. The molecule has 3 aromatic rings. The molecule has 4 nitrogen and oxygen atoms in total. The van der Waals surface area contributed by atoms with Crippen molar-refractivity contribution in [1.82, 2.24) is 9.38 Å². The van der Waals surface area contributed by atoms with Gasteiger partial charge in [-0.05, 0) is 56.2 Å². The van der Waals surface area contributed by atoms with Crippen molar-refractivity contribution in [3.8, 4) is 0 Å². The van der Waals surface area contributed by atoms with Gasteiger partial charge in [-0.2, -0.15) is 13.2 Å². The van der Waals surface area contributed by atoms with Crippen LogP contribution in [-0.4, -0.2) is 9.38 Å². The molecule has 0 aliphatic carbocycles. The summed E-state index contributed by atoms with van der Waals surface area (Å²) < 4.78 is 40.0. The summed E-state index contributed by atoms with van der Waals surface area (Å²) in [7, 11) is 0. The third kappa shape index (κ3) is 3.02. The molecule has 0 spiro atoms. The van der Waals surface area contributed by atoms with E-state index in [2.05, 4.69) is 15.2 Å². The molecule has 0 bridgehead atoms. The van der Waals surface area contributed by atoms with Gasteiger partial charge in [0.15, 0.2) is 5.82 Å². The second-order valence-corrected chi connectivity index (χ2v) is 5.63. The number of aryl methyl sites for hydroxylation is 3. The average Bonchev–Trinajstić information content (AvgIpc) is 2.82. The number of hydrogen-bond donors (Lipinski definition) is 0. The lowest BCUT2D eigenvalue weighted by molar-refractivity contribution is -0.137. The molecule has 0 aliphatic heterocycles. The first kappa shape index (κ1) is 16.2. The van der Waals surface area contributed by atoms with E-state index in [0.717, 1.165) is 23.4 Å². The number of halogens is 3. The third-order valence-electron chi connectivity index (χ3n) is 3.84. The number of imidazole rings is 1. The van der Waals surface area contributed by atoms with Gasteiger partial charge >= 0.3 is 6.18 Å². The minimum absolute atomic E-state index is 0.286. The predicted molar refractivity (Wildman–Crippen MR) is 85.0 cm³/mol. The van der Waals surface area contributed by atoms with Gasteiger partial charge in [0.1, 0.15) is 5.65 Å². The van der Waals surface area contributed by atoms with Crippen LogP contribution in [0.3, 0.4) is 0 Å². The number of fused-ring (bicyclic) bond motifs is 1. The van der Waals surface area contributed by atoms with Crippen LogP contribution in [0.1, 0.15) is 22.4 Å². The fourth-order valence-corrected chi connectivity index (χ4v) is 2.33. The lowest BCUT2D eigenvalue weighted by Crippen LogP contribution is -2.06. The first-order valence-corrected chi connectivity index (χ1v) is 7.30. The van der Waals surface area contributed by atoms with Gasteiger partial charge in [0.05, 0.1) is 16.9 Å². The summed E-state index contributed by atoms with van der Waals surface area (Å²) in [6.45, 7) is 5.64. The van der Waals surface area contributed by atoms with Crippen LogP contribution >= 0.6 is 0 Å². The maximum absolute atomic E-state index is 12.9. The zero-order valence-corrected chi connectivity index (χ0v) is 13.4. The fraction of sp³-hybridized carbons (Fsp3) is 0.235. The summed E-state index contributed by atoms with van der Waals surface area (Å²) >= 11 is 0. The average molecular weight is 332 g/mol. The fourth-order valence-electron chi connectivity index (χ4n) is 2.33. The van der Waals surface area contributed by atoms with Crippen molar-refractivity contribution >= 4 is 17.2 Å². The molecule has 0 N–H and O–H groups in total. The minimum atomic E-state index is -4.42. The number of aromatic nitrogens is 2. The molecule has 3 rings (SSSR count). The Hall–Kier alpha value is -2.70. The van der Waals surface area contributed by atoms with Crippen LogP contribution in [0.2, 0.25) is 0 Å². The van der Waals surface area contributed by atoms with Crippen LogP contribution in [0, 0.1) is 20.8 Å². The molecule has 0 amide bonds. The summed E-state index contributed by atoms with van der Waals surface area (Å²) in [4.78, 5) is 4.22. The molecule has 0 unspecified atom stereocenters. The molecule has 0 fully saturated rings. The molecule has 2 aromatic heterocycles. The van der Waals surface area contributed by atoms with Crippen LogP contribution in [0.15, 0.2) is 46.8 Å². The third-order valence-corrected chi connectivity index (χ3v) is 3.84. The highest BCUT2D eigenvalue weighted by Gasteiger charge is 2.31. The summed E-state index contributed by atoms with van der Waals surface area (Å²) in [5.41, 5.74) is 3.00. The summed E-state index contributed by atoms with van der Waals surface area (Å²) in [6.07, 6.45) is -3.43. The molecule has 0 saturated heterocycles. The van der Waals surface area contributed by atoms with Gasteiger partial charge < -0.3 is 0 Å². The standard InChI is InChI=1S/C17H15F3N4/c1-10-4-6-14(8-11(10)2)22-23-16-12(3)21-15-7-5-13(9-24(15)16)17(18,19)20/h4-9H,1-3H3. The van der Waals surface area contributed by atoms with Crippen LogP contribution < -0.4 is 0 Å². The Morgan fingerprint density at radius 1 is 0.958 bits per heavy atom. The number of benzene rings is 1. The van der Waals surface area contributed by atoms with E-state index in [4.69, 9.17) is 0 Å². The molecule has 0 aliphatic rings.